The van der Waals surface area contributed by atoms with Crippen LogP contribution in [-0.4, -0.2) is 20.4 Å². The number of hydrogen-bond acceptors (Lipinski definition) is 3. The zero-order chi connectivity index (χ0) is 19.7. The van der Waals surface area contributed by atoms with Gasteiger partial charge in [0, 0.05) is 18.2 Å². The van der Waals surface area contributed by atoms with Gasteiger partial charge >= 0.3 is 6.18 Å². The minimum atomic E-state index is -4.45. The fourth-order valence-electron chi connectivity index (χ4n) is 2.42. The topological polar surface area (TPSA) is 75.3 Å². The Labute approximate surface area is 154 Å². The van der Waals surface area contributed by atoms with E-state index in [9.17, 15) is 26.4 Å². The van der Waals surface area contributed by atoms with Crippen molar-refractivity contribution >= 4 is 15.9 Å². The van der Waals surface area contributed by atoms with Gasteiger partial charge in [-0.25, -0.2) is 13.1 Å². The number of carbonyl (C=O) groups is 1. The van der Waals surface area contributed by atoms with Crippen LogP contribution < -0.4 is 10.0 Å². The molecule has 0 unspecified atom stereocenters. The van der Waals surface area contributed by atoms with Gasteiger partial charge in [0.05, 0.1) is 10.5 Å². The average molecular weight is 398 g/mol. The molecule has 1 saturated carbocycles. The van der Waals surface area contributed by atoms with Gasteiger partial charge in [0.2, 0.25) is 10.0 Å². The number of hydrogen-bond donors (Lipinski definition) is 2. The number of halogens is 3. The van der Waals surface area contributed by atoms with Crippen molar-refractivity contribution < 1.29 is 26.4 Å². The summed E-state index contributed by atoms with van der Waals surface area (Å²) in [5.74, 6) is -0.508. The van der Waals surface area contributed by atoms with Crippen molar-refractivity contribution in [3.8, 4) is 0 Å². The fourth-order valence-corrected chi connectivity index (χ4v) is 3.72. The van der Waals surface area contributed by atoms with E-state index in [0.29, 0.717) is 5.56 Å². The SMILES string of the molecule is O=C(NCc1cccc(C(F)(F)F)c1)c1ccc(S(=O)(=O)NC2CC2)cc1. The molecule has 3 rings (SSSR count). The van der Waals surface area contributed by atoms with Gasteiger partial charge in [-0.15, -0.1) is 0 Å². The third-order valence-electron chi connectivity index (χ3n) is 4.03. The van der Waals surface area contributed by atoms with Crippen molar-refractivity contribution in [3.05, 3.63) is 65.2 Å². The lowest BCUT2D eigenvalue weighted by Crippen LogP contribution is -2.26. The van der Waals surface area contributed by atoms with Crippen LogP contribution >= 0.6 is 0 Å². The maximum absolute atomic E-state index is 12.7. The first-order valence-corrected chi connectivity index (χ1v) is 9.70. The van der Waals surface area contributed by atoms with E-state index in [0.717, 1.165) is 25.0 Å². The summed E-state index contributed by atoms with van der Waals surface area (Å²) in [5, 5.41) is 2.52. The second-order valence-corrected chi connectivity index (χ2v) is 8.01. The summed E-state index contributed by atoms with van der Waals surface area (Å²) in [4.78, 5) is 12.2. The largest absolute Gasteiger partial charge is 0.416 e. The number of sulfonamides is 1. The summed E-state index contributed by atoms with van der Waals surface area (Å²) in [6, 6.07) is 10.0. The molecule has 0 heterocycles. The highest BCUT2D eigenvalue weighted by Crippen LogP contribution is 2.29. The van der Waals surface area contributed by atoms with Gasteiger partial charge in [0.25, 0.3) is 5.91 Å². The molecule has 27 heavy (non-hydrogen) atoms. The van der Waals surface area contributed by atoms with Gasteiger partial charge in [-0.1, -0.05) is 12.1 Å². The molecule has 2 aromatic rings. The van der Waals surface area contributed by atoms with E-state index in [2.05, 4.69) is 10.0 Å². The molecular weight excluding hydrogens is 381 g/mol. The average Bonchev–Trinajstić information content (AvgIpc) is 3.42. The predicted octanol–water partition coefficient (Wildman–Crippen LogP) is 3.08. The van der Waals surface area contributed by atoms with Gasteiger partial charge in [-0.3, -0.25) is 4.79 Å². The lowest BCUT2D eigenvalue weighted by atomic mass is 10.1. The molecule has 9 heteroatoms. The maximum Gasteiger partial charge on any atom is 0.416 e. The van der Waals surface area contributed by atoms with E-state index in [1.807, 2.05) is 0 Å². The summed E-state index contributed by atoms with van der Waals surface area (Å²) in [6.07, 6.45) is -2.82. The number of benzene rings is 2. The van der Waals surface area contributed by atoms with E-state index in [1.54, 1.807) is 0 Å². The van der Waals surface area contributed by atoms with E-state index in [1.165, 1.54) is 36.4 Å². The van der Waals surface area contributed by atoms with Crippen LogP contribution in [0.3, 0.4) is 0 Å². The zero-order valence-corrected chi connectivity index (χ0v) is 14.9. The first-order valence-electron chi connectivity index (χ1n) is 8.22. The van der Waals surface area contributed by atoms with Crippen molar-refractivity contribution in [1.82, 2.24) is 10.0 Å². The quantitative estimate of drug-likeness (QED) is 0.785. The zero-order valence-electron chi connectivity index (χ0n) is 14.1. The van der Waals surface area contributed by atoms with E-state index in [4.69, 9.17) is 0 Å². The molecule has 0 atom stereocenters. The normalized spacial score (nSPS) is 14.8. The van der Waals surface area contributed by atoms with Crippen LogP contribution in [0, 0.1) is 0 Å². The van der Waals surface area contributed by atoms with Gasteiger partial charge < -0.3 is 5.32 Å². The number of amides is 1. The highest BCUT2D eigenvalue weighted by Gasteiger charge is 2.30. The molecule has 1 aliphatic rings. The van der Waals surface area contributed by atoms with Gasteiger partial charge in [0.1, 0.15) is 0 Å². The second kappa shape index (κ2) is 7.32. The third kappa shape index (κ3) is 5.08. The predicted molar refractivity (Wildman–Crippen MR) is 92.4 cm³/mol. The molecule has 5 nitrogen and oxygen atoms in total. The number of nitrogens with one attached hydrogen (secondary N) is 2. The molecule has 1 amide bonds. The Morgan fingerprint density at radius 3 is 2.33 bits per heavy atom. The standard InChI is InChI=1S/C18H17F3N2O3S/c19-18(20,21)14-3-1-2-12(10-14)11-22-17(24)13-4-8-16(9-5-13)27(25,26)23-15-6-7-15/h1-5,8-10,15,23H,6-7,11H2,(H,22,24). The summed E-state index contributed by atoms with van der Waals surface area (Å²) in [5.41, 5.74) is -0.259. The van der Waals surface area contributed by atoms with Crippen LogP contribution in [0.4, 0.5) is 13.2 Å². The maximum atomic E-state index is 12.7. The highest BCUT2D eigenvalue weighted by atomic mass is 32.2. The van der Waals surface area contributed by atoms with E-state index in [-0.39, 0.29) is 23.0 Å². The Morgan fingerprint density at radius 2 is 1.74 bits per heavy atom. The molecule has 0 aliphatic heterocycles. The molecule has 0 spiro atoms. The Morgan fingerprint density at radius 1 is 1.07 bits per heavy atom. The van der Waals surface area contributed by atoms with Gasteiger partial charge in [-0.05, 0) is 54.8 Å². The number of rotatable bonds is 6. The van der Waals surface area contributed by atoms with Crippen molar-refractivity contribution in [3.63, 3.8) is 0 Å². The minimum Gasteiger partial charge on any atom is -0.348 e. The van der Waals surface area contributed by atoms with Gasteiger partial charge in [-0.2, -0.15) is 13.2 Å². The smallest absolute Gasteiger partial charge is 0.348 e. The summed E-state index contributed by atoms with van der Waals surface area (Å²) in [6.45, 7) is -0.0773. The molecule has 1 aliphatic carbocycles. The molecule has 0 bridgehead atoms. The Kier molecular flexibility index (Phi) is 5.25. The monoisotopic (exact) mass is 398 g/mol. The molecule has 0 radical (unpaired) electrons. The molecule has 0 saturated heterocycles. The first kappa shape index (κ1) is 19.4. The van der Waals surface area contributed by atoms with Crippen LogP contribution in [0.1, 0.15) is 34.3 Å². The van der Waals surface area contributed by atoms with E-state index < -0.39 is 27.7 Å². The van der Waals surface area contributed by atoms with Crippen molar-refractivity contribution in [2.24, 2.45) is 0 Å². The fraction of sp³-hybridized carbons (Fsp3) is 0.278. The summed E-state index contributed by atoms with van der Waals surface area (Å²) >= 11 is 0. The highest BCUT2D eigenvalue weighted by molar-refractivity contribution is 7.89. The van der Waals surface area contributed by atoms with Gasteiger partial charge in [0.15, 0.2) is 0 Å². The Hall–Kier alpha value is -2.39. The third-order valence-corrected chi connectivity index (χ3v) is 5.57. The van der Waals surface area contributed by atoms with Crippen LogP contribution in [0.15, 0.2) is 53.4 Å². The van der Waals surface area contributed by atoms with E-state index >= 15 is 0 Å². The van der Waals surface area contributed by atoms with Crippen molar-refractivity contribution in [2.75, 3.05) is 0 Å². The lowest BCUT2D eigenvalue weighted by Gasteiger charge is -2.10. The molecule has 2 N–H and O–H groups in total. The second-order valence-electron chi connectivity index (χ2n) is 6.30. The molecular formula is C18H17F3N2O3S. The van der Waals surface area contributed by atoms with Crippen LogP contribution in [-0.2, 0) is 22.7 Å². The minimum absolute atomic E-state index is 0.0227. The summed E-state index contributed by atoms with van der Waals surface area (Å²) in [7, 11) is -3.60. The molecule has 1 fully saturated rings. The molecule has 2 aromatic carbocycles. The Bertz CT molecular complexity index is 937. The molecule has 144 valence electrons. The van der Waals surface area contributed by atoms with Crippen LogP contribution in [0.2, 0.25) is 0 Å². The van der Waals surface area contributed by atoms with Crippen LogP contribution in [0.5, 0.6) is 0 Å². The Balaban J connectivity index is 1.63. The lowest BCUT2D eigenvalue weighted by molar-refractivity contribution is -0.137. The molecule has 0 aromatic heterocycles. The number of alkyl halides is 3. The van der Waals surface area contributed by atoms with Crippen LogP contribution in [0.25, 0.3) is 0 Å². The summed E-state index contributed by atoms with van der Waals surface area (Å²) < 4.78 is 64.8. The first-order chi connectivity index (χ1) is 12.6. The van der Waals surface area contributed by atoms with Crippen molar-refractivity contribution in [2.45, 2.75) is 36.5 Å². The van der Waals surface area contributed by atoms with Crippen molar-refractivity contribution in [1.29, 1.82) is 0 Å². The number of carbonyl (C=O) groups excluding carboxylic acids is 1.